The van der Waals surface area contributed by atoms with E-state index >= 15 is 0 Å². The summed E-state index contributed by atoms with van der Waals surface area (Å²) < 4.78 is 5.28. The van der Waals surface area contributed by atoms with Crippen LogP contribution >= 0.6 is 0 Å². The molecule has 0 amide bonds. The van der Waals surface area contributed by atoms with Crippen molar-refractivity contribution >= 4 is 11.8 Å². The van der Waals surface area contributed by atoms with Gasteiger partial charge in [0.2, 0.25) is 0 Å². The molecule has 0 spiro atoms. The number of hydrogen-bond donors (Lipinski definition) is 2. The third kappa shape index (κ3) is 1.56. The molecule has 5 nitrogen and oxygen atoms in total. The largest absolute Gasteiger partial charge is 0.460 e. The van der Waals surface area contributed by atoms with Gasteiger partial charge in [-0.2, -0.15) is 0 Å². The van der Waals surface area contributed by atoms with E-state index in [9.17, 15) is 19.8 Å². The van der Waals surface area contributed by atoms with Gasteiger partial charge >= 0.3 is 5.97 Å². The summed E-state index contributed by atoms with van der Waals surface area (Å²) in [6.07, 6.45) is 4.10. The maximum atomic E-state index is 12.2. The molecular weight excluding hydrogens is 260 g/mol. The Morgan fingerprint density at radius 2 is 2.15 bits per heavy atom. The van der Waals surface area contributed by atoms with Gasteiger partial charge in [0.25, 0.3) is 0 Å². The van der Waals surface area contributed by atoms with E-state index < -0.39 is 35.6 Å². The Kier molecular flexibility index (Phi) is 2.86. The van der Waals surface area contributed by atoms with Crippen molar-refractivity contribution in [2.75, 3.05) is 6.61 Å². The number of ether oxygens (including phenoxy) is 1. The first-order valence-electron chi connectivity index (χ1n) is 7.10. The van der Waals surface area contributed by atoms with Crippen molar-refractivity contribution in [2.45, 2.75) is 38.4 Å². The smallest absolute Gasteiger partial charge is 0.341 e. The number of ketones is 1. The van der Waals surface area contributed by atoms with E-state index in [1.165, 1.54) is 0 Å². The Bertz CT molecular complexity index is 498. The van der Waals surface area contributed by atoms with Crippen LogP contribution in [-0.2, 0) is 14.3 Å². The molecule has 3 aliphatic rings. The second kappa shape index (κ2) is 4.15. The summed E-state index contributed by atoms with van der Waals surface area (Å²) in [5.41, 5.74) is -2.48. The summed E-state index contributed by atoms with van der Waals surface area (Å²) in [7, 11) is 0. The molecule has 0 aromatic heterocycles. The number of fused-ring (bicyclic) bond motifs is 2. The number of aliphatic hydroxyl groups excluding tert-OH is 1. The maximum absolute atomic E-state index is 12.2. The minimum atomic E-state index is -1.87. The molecule has 2 fully saturated rings. The lowest BCUT2D eigenvalue weighted by Gasteiger charge is -2.34. The zero-order valence-electron chi connectivity index (χ0n) is 11.7. The Labute approximate surface area is 117 Å². The molecule has 1 aliphatic heterocycles. The van der Waals surface area contributed by atoms with Crippen LogP contribution in [0, 0.1) is 23.2 Å². The molecule has 0 unspecified atom stereocenters. The monoisotopic (exact) mass is 280 g/mol. The standard InChI is InChI=1S/C15H20O5/c1-8-5-11-10(15(19,7-16)13(18)20-11)6-14(2)9(8)3-4-12(14)17/h3-4,8-11,16,19H,5-7H2,1-2H3/t8-,9+,10-,11-,14+,15-/m1/s1. The molecular formula is C15H20O5. The van der Waals surface area contributed by atoms with Gasteiger partial charge in [-0.05, 0) is 30.8 Å². The van der Waals surface area contributed by atoms with E-state index in [2.05, 4.69) is 0 Å². The van der Waals surface area contributed by atoms with E-state index in [-0.39, 0.29) is 17.6 Å². The van der Waals surface area contributed by atoms with E-state index in [0.717, 1.165) is 0 Å². The number of esters is 1. The first kappa shape index (κ1) is 13.8. The highest BCUT2D eigenvalue weighted by Gasteiger charge is 2.62. The first-order valence-corrected chi connectivity index (χ1v) is 7.10. The van der Waals surface area contributed by atoms with Gasteiger partial charge < -0.3 is 14.9 Å². The van der Waals surface area contributed by atoms with Crippen LogP contribution in [0.3, 0.4) is 0 Å². The summed E-state index contributed by atoms with van der Waals surface area (Å²) in [5.74, 6) is -0.965. The molecule has 0 aromatic carbocycles. The molecule has 20 heavy (non-hydrogen) atoms. The summed E-state index contributed by atoms with van der Waals surface area (Å²) in [5, 5.41) is 19.9. The van der Waals surface area contributed by atoms with Crippen molar-refractivity contribution in [3.05, 3.63) is 12.2 Å². The number of carbonyl (C=O) groups is 2. The average molecular weight is 280 g/mol. The van der Waals surface area contributed by atoms with Gasteiger partial charge in [0.1, 0.15) is 6.10 Å². The van der Waals surface area contributed by atoms with Crippen LogP contribution in [-0.4, -0.2) is 40.3 Å². The zero-order valence-corrected chi connectivity index (χ0v) is 11.7. The third-order valence-corrected chi connectivity index (χ3v) is 5.53. The van der Waals surface area contributed by atoms with Crippen LogP contribution in [0.5, 0.6) is 0 Å². The van der Waals surface area contributed by atoms with E-state index in [1.54, 1.807) is 6.08 Å². The van der Waals surface area contributed by atoms with Gasteiger partial charge in [0.05, 0.1) is 6.61 Å². The number of aliphatic hydroxyl groups is 2. The fourth-order valence-corrected chi connectivity index (χ4v) is 4.26. The van der Waals surface area contributed by atoms with Gasteiger partial charge in [0, 0.05) is 11.3 Å². The zero-order chi connectivity index (χ0) is 14.7. The van der Waals surface area contributed by atoms with Crippen molar-refractivity contribution in [3.63, 3.8) is 0 Å². The second-order valence-electron chi connectivity index (χ2n) is 6.72. The van der Waals surface area contributed by atoms with Crippen LogP contribution in [0.1, 0.15) is 26.7 Å². The van der Waals surface area contributed by atoms with Gasteiger partial charge in [-0.1, -0.05) is 19.9 Å². The van der Waals surface area contributed by atoms with Crippen LogP contribution in [0.4, 0.5) is 0 Å². The number of carbonyl (C=O) groups excluding carboxylic acids is 2. The van der Waals surface area contributed by atoms with Crippen molar-refractivity contribution in [2.24, 2.45) is 23.2 Å². The quantitative estimate of drug-likeness (QED) is 0.681. The van der Waals surface area contributed by atoms with Gasteiger partial charge in [0.15, 0.2) is 11.4 Å². The lowest BCUT2D eigenvalue weighted by Crippen LogP contribution is -2.48. The van der Waals surface area contributed by atoms with Crippen molar-refractivity contribution in [1.29, 1.82) is 0 Å². The minimum absolute atomic E-state index is 0.0367. The molecule has 3 rings (SSSR count). The highest BCUT2D eigenvalue weighted by Crippen LogP contribution is 2.53. The van der Waals surface area contributed by atoms with Gasteiger partial charge in [-0.3, -0.25) is 4.79 Å². The van der Waals surface area contributed by atoms with Crippen LogP contribution in [0.2, 0.25) is 0 Å². The van der Waals surface area contributed by atoms with E-state index in [1.807, 2.05) is 19.9 Å². The lowest BCUT2D eigenvalue weighted by atomic mass is 9.68. The lowest BCUT2D eigenvalue weighted by molar-refractivity contribution is -0.160. The van der Waals surface area contributed by atoms with E-state index in [4.69, 9.17) is 4.74 Å². The number of allylic oxidation sites excluding steroid dienone is 2. The molecule has 2 N–H and O–H groups in total. The van der Waals surface area contributed by atoms with Crippen molar-refractivity contribution in [1.82, 2.24) is 0 Å². The summed E-state index contributed by atoms with van der Waals surface area (Å²) in [6, 6.07) is 0. The minimum Gasteiger partial charge on any atom is -0.460 e. The summed E-state index contributed by atoms with van der Waals surface area (Å²) in [6.45, 7) is 3.27. The SMILES string of the molecule is C[C@@H]1C[C@H]2OC(=O)[C@@](O)(CO)[C@@H]2C[C@]2(C)C(=O)C=C[C@@H]12. The third-order valence-electron chi connectivity index (χ3n) is 5.53. The Balaban J connectivity index is 2.02. The summed E-state index contributed by atoms with van der Waals surface area (Å²) in [4.78, 5) is 24.1. The predicted molar refractivity (Wildman–Crippen MR) is 69.5 cm³/mol. The van der Waals surface area contributed by atoms with Crippen molar-refractivity contribution in [3.8, 4) is 0 Å². The molecule has 5 heteroatoms. The molecule has 2 aliphatic carbocycles. The Hall–Kier alpha value is -1.20. The predicted octanol–water partition coefficient (Wildman–Crippen LogP) is 0.443. The Morgan fingerprint density at radius 3 is 2.80 bits per heavy atom. The normalized spacial score (nSPS) is 50.6. The van der Waals surface area contributed by atoms with Crippen LogP contribution < -0.4 is 0 Å². The van der Waals surface area contributed by atoms with Crippen LogP contribution in [0.25, 0.3) is 0 Å². The molecule has 110 valence electrons. The highest BCUT2D eigenvalue weighted by atomic mass is 16.6. The number of rotatable bonds is 1. The maximum Gasteiger partial charge on any atom is 0.341 e. The molecule has 1 saturated heterocycles. The molecule has 0 radical (unpaired) electrons. The van der Waals surface area contributed by atoms with E-state index in [0.29, 0.717) is 12.8 Å². The molecule has 6 atom stereocenters. The second-order valence-corrected chi connectivity index (χ2v) is 6.72. The molecule has 0 aromatic rings. The van der Waals surface area contributed by atoms with Gasteiger partial charge in [-0.25, -0.2) is 4.79 Å². The fourth-order valence-electron chi connectivity index (χ4n) is 4.26. The first-order chi connectivity index (χ1) is 9.33. The molecule has 0 bridgehead atoms. The topological polar surface area (TPSA) is 83.8 Å². The summed E-state index contributed by atoms with van der Waals surface area (Å²) >= 11 is 0. The average Bonchev–Trinajstić information content (AvgIpc) is 2.76. The number of hydrogen-bond acceptors (Lipinski definition) is 5. The highest BCUT2D eigenvalue weighted by molar-refractivity contribution is 5.97. The van der Waals surface area contributed by atoms with Crippen LogP contribution in [0.15, 0.2) is 12.2 Å². The van der Waals surface area contributed by atoms with Gasteiger partial charge in [-0.15, -0.1) is 0 Å². The Morgan fingerprint density at radius 1 is 1.45 bits per heavy atom. The fraction of sp³-hybridized carbons (Fsp3) is 0.733. The van der Waals surface area contributed by atoms with Crippen molar-refractivity contribution < 1.29 is 24.5 Å². The molecule has 1 heterocycles. The molecule has 1 saturated carbocycles.